The van der Waals surface area contributed by atoms with Crippen LogP contribution in [0.5, 0.6) is 0 Å². The van der Waals surface area contributed by atoms with Crippen molar-refractivity contribution < 1.29 is 4.79 Å². The number of nitrogens with one attached hydrogen (secondary N) is 1. The van der Waals surface area contributed by atoms with E-state index in [9.17, 15) is 4.79 Å². The first kappa shape index (κ1) is 17.5. The topological polar surface area (TPSA) is 46.9 Å². The Kier molecular flexibility index (Phi) is 4.80. The number of amides is 1. The third-order valence-corrected chi connectivity index (χ3v) is 5.08. The Morgan fingerprint density at radius 1 is 1.28 bits per heavy atom. The van der Waals surface area contributed by atoms with Crippen molar-refractivity contribution in [3.05, 3.63) is 59.9 Å². The maximum Gasteiger partial charge on any atom is 0.224 e. The predicted molar refractivity (Wildman–Crippen MR) is 100 cm³/mol. The van der Waals surface area contributed by atoms with E-state index in [-0.39, 0.29) is 17.2 Å². The Morgan fingerprint density at radius 3 is 2.68 bits per heavy atom. The molecule has 0 saturated heterocycles. The number of hydrogen-bond acceptors (Lipinski definition) is 2. The molecule has 0 spiro atoms. The molecule has 1 saturated carbocycles. The van der Waals surface area contributed by atoms with E-state index in [1.165, 1.54) is 5.57 Å². The molecule has 1 aromatic carbocycles. The Morgan fingerprint density at radius 2 is 2.00 bits per heavy atom. The second kappa shape index (κ2) is 6.87. The Labute approximate surface area is 149 Å². The van der Waals surface area contributed by atoms with E-state index in [2.05, 4.69) is 44.2 Å². The number of carbonyl (C=O) groups is 1. The van der Waals surface area contributed by atoms with Gasteiger partial charge in [-0.05, 0) is 49.3 Å². The Hall–Kier alpha value is -2.36. The van der Waals surface area contributed by atoms with Gasteiger partial charge < -0.3 is 5.32 Å². The van der Waals surface area contributed by atoms with Crippen LogP contribution in [0.4, 0.5) is 0 Å². The quantitative estimate of drug-likeness (QED) is 0.816. The van der Waals surface area contributed by atoms with E-state index in [0.717, 1.165) is 17.7 Å². The molecule has 2 unspecified atom stereocenters. The molecule has 1 heterocycles. The lowest BCUT2D eigenvalue weighted by Gasteiger charge is -2.05. The molecule has 1 amide bonds. The highest BCUT2D eigenvalue weighted by Gasteiger charge is 2.60. The van der Waals surface area contributed by atoms with Gasteiger partial charge in [-0.1, -0.05) is 43.7 Å². The monoisotopic (exact) mass is 337 g/mol. The van der Waals surface area contributed by atoms with E-state index in [1.807, 2.05) is 47.4 Å². The van der Waals surface area contributed by atoms with E-state index >= 15 is 0 Å². The smallest absolute Gasteiger partial charge is 0.224 e. The summed E-state index contributed by atoms with van der Waals surface area (Å²) in [6.07, 6.45) is 6.91. The van der Waals surface area contributed by atoms with Crippen molar-refractivity contribution >= 4 is 5.91 Å². The van der Waals surface area contributed by atoms with Crippen LogP contribution >= 0.6 is 0 Å². The van der Waals surface area contributed by atoms with Crippen molar-refractivity contribution in [1.29, 1.82) is 0 Å². The highest BCUT2D eigenvalue weighted by atomic mass is 16.2. The van der Waals surface area contributed by atoms with Crippen LogP contribution in [0, 0.1) is 17.3 Å². The fourth-order valence-electron chi connectivity index (χ4n) is 3.50. The van der Waals surface area contributed by atoms with Gasteiger partial charge >= 0.3 is 0 Å². The fourth-order valence-corrected chi connectivity index (χ4v) is 3.50. The molecule has 2 atom stereocenters. The number of aromatic nitrogens is 2. The zero-order valence-electron chi connectivity index (χ0n) is 15.5. The molecule has 1 aliphatic rings. The van der Waals surface area contributed by atoms with E-state index < -0.39 is 0 Å². The molecule has 1 fully saturated rings. The van der Waals surface area contributed by atoms with Crippen LogP contribution in [0.15, 0.2) is 54.4 Å². The molecule has 1 aromatic heterocycles. The number of rotatable bonds is 6. The summed E-state index contributed by atoms with van der Waals surface area (Å²) in [6.45, 7) is 9.17. The van der Waals surface area contributed by atoms with Gasteiger partial charge in [0.15, 0.2) is 0 Å². The first-order valence-electron chi connectivity index (χ1n) is 8.91. The molecule has 4 nitrogen and oxygen atoms in total. The third kappa shape index (κ3) is 3.84. The number of carbonyl (C=O) groups excluding carboxylic acids is 1. The van der Waals surface area contributed by atoms with Gasteiger partial charge in [0, 0.05) is 12.7 Å². The van der Waals surface area contributed by atoms with Crippen LogP contribution < -0.4 is 5.32 Å². The minimum Gasteiger partial charge on any atom is -0.355 e. The van der Waals surface area contributed by atoms with E-state index in [4.69, 9.17) is 0 Å². The molecule has 4 heteroatoms. The second-order valence-corrected chi connectivity index (χ2v) is 7.74. The fraction of sp³-hybridized carbons (Fsp3) is 0.429. The molecule has 3 rings (SSSR count). The van der Waals surface area contributed by atoms with Gasteiger partial charge in [-0.2, -0.15) is 5.10 Å². The lowest BCUT2D eigenvalue weighted by molar-refractivity contribution is -0.123. The molecule has 0 bridgehead atoms. The Bertz CT molecular complexity index is 769. The lowest BCUT2D eigenvalue weighted by Crippen LogP contribution is -2.28. The molecule has 1 N–H and O–H groups in total. The zero-order valence-corrected chi connectivity index (χ0v) is 15.5. The predicted octanol–water partition coefficient (Wildman–Crippen LogP) is 3.77. The zero-order chi connectivity index (χ0) is 18.0. The summed E-state index contributed by atoms with van der Waals surface area (Å²) in [4.78, 5) is 12.5. The highest BCUT2D eigenvalue weighted by molar-refractivity contribution is 5.83. The van der Waals surface area contributed by atoms with Crippen LogP contribution in [0.1, 0.15) is 33.3 Å². The normalized spacial score (nSPS) is 20.8. The van der Waals surface area contributed by atoms with Crippen LogP contribution in [-0.2, 0) is 11.2 Å². The van der Waals surface area contributed by atoms with Gasteiger partial charge in [0.05, 0.1) is 17.8 Å². The van der Waals surface area contributed by atoms with Gasteiger partial charge in [-0.25, -0.2) is 4.68 Å². The first-order valence-corrected chi connectivity index (χ1v) is 8.91. The van der Waals surface area contributed by atoms with Crippen LogP contribution in [0.2, 0.25) is 0 Å². The summed E-state index contributed by atoms with van der Waals surface area (Å²) in [6, 6.07) is 10.0. The molecule has 25 heavy (non-hydrogen) atoms. The molecular weight excluding hydrogens is 310 g/mol. The summed E-state index contributed by atoms with van der Waals surface area (Å²) in [5.41, 5.74) is 3.52. The Balaban J connectivity index is 1.51. The maximum absolute atomic E-state index is 12.5. The molecular formula is C21H27N3O. The van der Waals surface area contributed by atoms with Crippen molar-refractivity contribution in [2.75, 3.05) is 6.54 Å². The summed E-state index contributed by atoms with van der Waals surface area (Å²) < 4.78 is 1.87. The van der Waals surface area contributed by atoms with Crippen molar-refractivity contribution in [3.63, 3.8) is 0 Å². The van der Waals surface area contributed by atoms with Gasteiger partial charge in [0.25, 0.3) is 0 Å². The molecule has 0 radical (unpaired) electrons. The lowest BCUT2D eigenvalue weighted by atomic mass is 10.1. The van der Waals surface area contributed by atoms with Gasteiger partial charge in [0.1, 0.15) is 0 Å². The minimum absolute atomic E-state index is 0.0690. The summed E-state index contributed by atoms with van der Waals surface area (Å²) in [7, 11) is 0. The average Bonchev–Trinajstić information content (AvgIpc) is 2.92. The maximum atomic E-state index is 12.5. The second-order valence-electron chi connectivity index (χ2n) is 7.74. The molecule has 2 aromatic rings. The van der Waals surface area contributed by atoms with Crippen LogP contribution in [0.25, 0.3) is 5.69 Å². The number of para-hydroxylation sites is 1. The number of allylic oxidation sites excluding steroid dienone is 2. The summed E-state index contributed by atoms with van der Waals surface area (Å²) in [5.74, 6) is 0.621. The average molecular weight is 337 g/mol. The highest BCUT2D eigenvalue weighted by Crippen LogP contribution is 2.59. The standard InChI is InChI=1S/C21H27N3O/c1-15(2)12-18-19(21(18,3)4)20(25)22-11-10-16-13-23-24(14-16)17-8-6-5-7-9-17/h5-9,12-14,18-19H,10-11H2,1-4H3,(H,22,25). The van der Waals surface area contributed by atoms with Crippen molar-refractivity contribution in [2.24, 2.45) is 17.3 Å². The largest absolute Gasteiger partial charge is 0.355 e. The molecule has 132 valence electrons. The molecule has 0 aliphatic heterocycles. The number of benzene rings is 1. The SMILES string of the molecule is CC(C)=CC1C(C(=O)NCCc2cnn(-c3ccccc3)c2)C1(C)C. The van der Waals surface area contributed by atoms with Crippen molar-refractivity contribution in [2.45, 2.75) is 34.1 Å². The number of hydrogen-bond donors (Lipinski definition) is 1. The van der Waals surface area contributed by atoms with E-state index in [1.54, 1.807) is 0 Å². The van der Waals surface area contributed by atoms with Crippen LogP contribution in [-0.4, -0.2) is 22.2 Å². The summed E-state index contributed by atoms with van der Waals surface area (Å²) >= 11 is 0. The van der Waals surface area contributed by atoms with Crippen molar-refractivity contribution in [1.82, 2.24) is 15.1 Å². The number of nitrogens with zero attached hydrogens (tertiary/aromatic N) is 2. The van der Waals surface area contributed by atoms with E-state index in [0.29, 0.717) is 12.5 Å². The first-order chi connectivity index (χ1) is 11.9. The van der Waals surface area contributed by atoms with Gasteiger partial charge in [-0.15, -0.1) is 0 Å². The molecule has 1 aliphatic carbocycles. The third-order valence-electron chi connectivity index (χ3n) is 5.08. The summed E-state index contributed by atoms with van der Waals surface area (Å²) in [5, 5.41) is 7.49. The van der Waals surface area contributed by atoms with Crippen LogP contribution in [0.3, 0.4) is 0 Å². The minimum atomic E-state index is 0.0690. The van der Waals surface area contributed by atoms with Crippen molar-refractivity contribution in [3.8, 4) is 5.69 Å². The van der Waals surface area contributed by atoms with Gasteiger partial charge in [0.2, 0.25) is 5.91 Å². The van der Waals surface area contributed by atoms with Gasteiger partial charge in [-0.3, -0.25) is 4.79 Å².